The van der Waals surface area contributed by atoms with Crippen molar-refractivity contribution in [2.24, 2.45) is 0 Å². The summed E-state index contributed by atoms with van der Waals surface area (Å²) in [6.45, 7) is 0. The molecule has 0 aliphatic carbocycles. The van der Waals surface area contributed by atoms with E-state index in [2.05, 4.69) is 49.4 Å². The van der Waals surface area contributed by atoms with E-state index in [1.165, 1.54) is 29.6 Å². The van der Waals surface area contributed by atoms with Crippen LogP contribution in [0.5, 0.6) is 0 Å². The van der Waals surface area contributed by atoms with Crippen LogP contribution >= 0.6 is 84.7 Å². The van der Waals surface area contributed by atoms with Crippen molar-refractivity contribution in [2.75, 3.05) is 0 Å². The van der Waals surface area contributed by atoms with Gasteiger partial charge >= 0.3 is 69.1 Å². The number of rotatable bonds is 0. The zero-order chi connectivity index (χ0) is 8.00. The third-order valence-electron chi connectivity index (χ3n) is 0. The van der Waals surface area contributed by atoms with Crippen molar-refractivity contribution < 1.29 is 29.6 Å². The Balaban J connectivity index is -0.0000000133. The first-order chi connectivity index (χ1) is 4.00. The van der Waals surface area contributed by atoms with Gasteiger partial charge in [-0.2, -0.15) is 0 Å². The Hall–Kier alpha value is 4.17. The maximum absolute atomic E-state index is 3.22. The first-order valence-corrected chi connectivity index (χ1v) is 22.2. The molecule has 0 fully saturated rings. The zero-order valence-electron chi connectivity index (χ0n) is 4.34. The molecule has 0 aromatic carbocycles. The average Bonchev–Trinajstić information content (AvgIpc) is 2.03. The molecule has 0 rings (SSSR count). The Labute approximate surface area is 121 Å². The summed E-state index contributed by atoms with van der Waals surface area (Å²) in [6, 6.07) is 0. The van der Waals surface area contributed by atoms with Crippen LogP contribution in [0.3, 0.4) is 0 Å². The van der Waals surface area contributed by atoms with E-state index < -0.39 is 0 Å². The topological polar surface area (TPSA) is 0 Å². The first kappa shape index (κ1) is 22.7. The molecule has 0 atom stereocenters. The van der Waals surface area contributed by atoms with Crippen molar-refractivity contribution in [3.8, 4) is 0 Å². The predicted octanol–water partition coefficient (Wildman–Crippen LogP) is 4.19. The molecule has 0 aliphatic rings. The summed E-state index contributed by atoms with van der Waals surface area (Å²) < 4.78 is 0. The second-order valence-electron chi connectivity index (χ2n) is 0. The van der Waals surface area contributed by atoms with Crippen molar-refractivity contribution in [3.05, 3.63) is 9.86 Å². The first-order valence-electron chi connectivity index (χ1n) is 1.07. The standard InChI is InChI=1S/2CH2I.2HI.2Zn/c2*1-2;;;;/h2*1H2;2*1H;;/q2*-1;;;2*+2/p-2. The van der Waals surface area contributed by atoms with Gasteiger partial charge in [-0.05, 0) is 0 Å². The molecule has 0 amide bonds. The van der Waals surface area contributed by atoms with Crippen molar-refractivity contribution in [2.45, 2.75) is 0 Å². The van der Waals surface area contributed by atoms with E-state index in [0.717, 1.165) is 0 Å². The van der Waals surface area contributed by atoms with Gasteiger partial charge in [0, 0.05) is 0 Å². The molecule has 0 aliphatic heterocycles. The van der Waals surface area contributed by atoms with Crippen LogP contribution in [0.2, 0.25) is 0 Å². The third-order valence-corrected chi connectivity index (χ3v) is 0. The van der Waals surface area contributed by atoms with Crippen LogP contribution in [0.25, 0.3) is 0 Å². The molecule has 8 heavy (non-hydrogen) atoms. The Kier molecular flexibility index (Phi) is 189. The quantitative estimate of drug-likeness (QED) is 0.207. The molecule has 0 aromatic rings. The van der Waals surface area contributed by atoms with Crippen LogP contribution in [-0.4, -0.2) is 0 Å². The van der Waals surface area contributed by atoms with Gasteiger partial charge in [-0.3, -0.25) is 9.86 Å². The molecule has 0 bridgehead atoms. The molecule has 0 aromatic heterocycles. The van der Waals surface area contributed by atoms with E-state index in [4.69, 9.17) is 0 Å². The van der Waals surface area contributed by atoms with Gasteiger partial charge in [0.15, 0.2) is 0 Å². The monoisotopic (exact) mass is 664 g/mol. The summed E-state index contributed by atoms with van der Waals surface area (Å²) in [7, 11) is 0. The molecule has 0 saturated carbocycles. The number of hydrogen-bond acceptors (Lipinski definition) is 0. The zero-order valence-corrected chi connectivity index (χ0v) is 18.9. The second-order valence-corrected chi connectivity index (χ2v) is 0. The average molecular weight is 666 g/mol. The van der Waals surface area contributed by atoms with Crippen molar-refractivity contribution in [3.63, 3.8) is 0 Å². The number of halogens is 4. The van der Waals surface area contributed by atoms with Crippen molar-refractivity contribution in [1.82, 2.24) is 0 Å². The Morgan fingerprint density at radius 1 is 0.625 bits per heavy atom. The van der Waals surface area contributed by atoms with Gasteiger partial charge in [0.1, 0.15) is 0 Å². The summed E-state index contributed by atoms with van der Waals surface area (Å²) >= 11 is 11.0. The minimum absolute atomic E-state index is 1.34. The molecule has 6 heteroatoms. The Morgan fingerprint density at radius 2 is 0.625 bits per heavy atom. The van der Waals surface area contributed by atoms with E-state index in [9.17, 15) is 0 Å². The van der Waals surface area contributed by atoms with Gasteiger partial charge in [0.05, 0.1) is 0 Å². The molecule has 0 nitrogen and oxygen atoms in total. The Bertz CT molecular complexity index is 12.0. The summed E-state index contributed by atoms with van der Waals surface area (Å²) in [6.07, 6.45) is 0. The Morgan fingerprint density at radius 3 is 0.625 bits per heavy atom. The van der Waals surface area contributed by atoms with Gasteiger partial charge in [0.25, 0.3) is 0 Å². The summed E-state index contributed by atoms with van der Waals surface area (Å²) in [4.78, 5) is 6.44. The van der Waals surface area contributed by atoms with Crippen LogP contribution in [0.4, 0.5) is 0 Å². The molecular weight excluding hydrogens is 662 g/mol. The summed E-state index contributed by atoms with van der Waals surface area (Å²) in [5, 5.41) is 0. The van der Waals surface area contributed by atoms with E-state index in [1.807, 2.05) is 45.2 Å². The summed E-state index contributed by atoms with van der Waals surface area (Å²) in [5.41, 5.74) is 0. The van der Waals surface area contributed by atoms with Crippen molar-refractivity contribution in [1.29, 1.82) is 0 Å². The van der Waals surface area contributed by atoms with Gasteiger partial charge in [-0.15, -0.1) is 0 Å². The van der Waals surface area contributed by atoms with Gasteiger partial charge in [-0.1, -0.05) is 0 Å². The molecule has 0 N–H and O–H groups in total. The summed E-state index contributed by atoms with van der Waals surface area (Å²) in [5.74, 6) is 0. The molecule has 0 heterocycles. The SMILES string of the molecule is [CH2-]I.[CH2-]I.[Zn+][I].[Zn+][I]. The second kappa shape index (κ2) is 66.5. The fraction of sp³-hybridized carbons (Fsp3) is 0. The molecular formula is C2H4I4Zn2. The van der Waals surface area contributed by atoms with Crippen LogP contribution in [0, 0.1) is 9.86 Å². The van der Waals surface area contributed by atoms with Gasteiger partial charge < -0.3 is 45.2 Å². The van der Waals surface area contributed by atoms with E-state index in [1.54, 1.807) is 0 Å². The predicted molar refractivity (Wildman–Crippen MR) is 66.8 cm³/mol. The third kappa shape index (κ3) is 49.2. The van der Waals surface area contributed by atoms with Gasteiger partial charge in [0.2, 0.25) is 0 Å². The fourth-order valence-corrected chi connectivity index (χ4v) is 0. The molecule has 0 spiro atoms. The molecule has 0 saturated heterocycles. The maximum atomic E-state index is 3.22. The van der Waals surface area contributed by atoms with Crippen molar-refractivity contribution >= 4 is 84.7 Å². The van der Waals surface area contributed by atoms with E-state index >= 15 is 0 Å². The van der Waals surface area contributed by atoms with E-state index in [0.29, 0.717) is 0 Å². The van der Waals surface area contributed by atoms with Crippen LogP contribution in [0.15, 0.2) is 0 Å². The van der Waals surface area contributed by atoms with Gasteiger partial charge in [-0.25, -0.2) is 0 Å². The molecule has 44 valence electrons. The molecule has 0 unspecified atom stereocenters. The van der Waals surface area contributed by atoms with Crippen LogP contribution in [-0.2, 0) is 29.6 Å². The number of hydrogen-bond donors (Lipinski definition) is 0. The van der Waals surface area contributed by atoms with Crippen LogP contribution < -0.4 is 0 Å². The van der Waals surface area contributed by atoms with Crippen LogP contribution in [0.1, 0.15) is 0 Å². The van der Waals surface area contributed by atoms with E-state index in [-0.39, 0.29) is 0 Å². The fourth-order valence-electron chi connectivity index (χ4n) is 0. The normalized spacial score (nSPS) is 3.25. The minimum atomic E-state index is 1.34. The molecule has 0 radical (unpaired) electrons.